The summed E-state index contributed by atoms with van der Waals surface area (Å²) in [6.07, 6.45) is 2.71. The monoisotopic (exact) mass is 402 g/mol. The molecule has 150 valence electrons. The SMILES string of the molecule is COCC(=O)Nc1ccc(S(=O)(=O)N2CCC(Cc3ccccc3)CC2)cc1. The fourth-order valence-electron chi connectivity index (χ4n) is 3.49. The third-order valence-electron chi connectivity index (χ3n) is 4.99. The molecule has 0 bridgehead atoms. The summed E-state index contributed by atoms with van der Waals surface area (Å²) in [6.45, 7) is 1.02. The van der Waals surface area contributed by atoms with E-state index >= 15 is 0 Å². The number of nitrogens with one attached hydrogen (secondary N) is 1. The molecule has 28 heavy (non-hydrogen) atoms. The van der Waals surface area contributed by atoms with Gasteiger partial charge in [0.1, 0.15) is 6.61 Å². The van der Waals surface area contributed by atoms with Crippen molar-refractivity contribution >= 4 is 21.6 Å². The van der Waals surface area contributed by atoms with Crippen molar-refractivity contribution in [2.24, 2.45) is 5.92 Å². The Morgan fingerprint density at radius 1 is 1.07 bits per heavy atom. The molecule has 0 radical (unpaired) electrons. The van der Waals surface area contributed by atoms with E-state index in [9.17, 15) is 13.2 Å². The fraction of sp³-hybridized carbons (Fsp3) is 0.381. The van der Waals surface area contributed by atoms with Gasteiger partial charge in [-0.2, -0.15) is 4.31 Å². The Balaban J connectivity index is 1.58. The van der Waals surface area contributed by atoms with Crippen LogP contribution >= 0.6 is 0 Å². The molecular weight excluding hydrogens is 376 g/mol. The number of methoxy groups -OCH3 is 1. The van der Waals surface area contributed by atoms with Gasteiger partial charge in [-0.1, -0.05) is 30.3 Å². The minimum atomic E-state index is -3.52. The van der Waals surface area contributed by atoms with Crippen LogP contribution in [-0.2, 0) is 26.0 Å². The van der Waals surface area contributed by atoms with E-state index < -0.39 is 10.0 Å². The smallest absolute Gasteiger partial charge is 0.250 e. The summed E-state index contributed by atoms with van der Waals surface area (Å²) in [6, 6.07) is 16.6. The molecule has 0 aliphatic carbocycles. The molecule has 6 nitrogen and oxygen atoms in total. The second-order valence-corrected chi connectivity index (χ2v) is 8.98. The molecule has 2 aromatic carbocycles. The van der Waals surface area contributed by atoms with Crippen LogP contribution in [0.5, 0.6) is 0 Å². The minimum absolute atomic E-state index is 0.0437. The van der Waals surface area contributed by atoms with Crippen molar-refractivity contribution in [3.63, 3.8) is 0 Å². The predicted molar refractivity (Wildman–Crippen MR) is 109 cm³/mol. The zero-order chi connectivity index (χ0) is 20.0. The summed E-state index contributed by atoms with van der Waals surface area (Å²) in [7, 11) is -2.08. The number of anilines is 1. The standard InChI is InChI=1S/C21H26N2O4S/c1-27-16-21(24)22-19-7-9-20(10-8-19)28(25,26)23-13-11-18(12-14-23)15-17-5-3-2-4-6-17/h2-10,18H,11-16H2,1H3,(H,22,24). The van der Waals surface area contributed by atoms with Gasteiger partial charge in [-0.05, 0) is 55.0 Å². The van der Waals surface area contributed by atoms with Crippen molar-refractivity contribution in [3.05, 3.63) is 60.2 Å². The molecule has 0 aromatic heterocycles. The van der Waals surface area contributed by atoms with Gasteiger partial charge in [0.25, 0.3) is 0 Å². The van der Waals surface area contributed by atoms with Crippen LogP contribution in [0.3, 0.4) is 0 Å². The Morgan fingerprint density at radius 3 is 2.32 bits per heavy atom. The van der Waals surface area contributed by atoms with E-state index in [4.69, 9.17) is 4.74 Å². The van der Waals surface area contributed by atoms with Gasteiger partial charge in [0.15, 0.2) is 0 Å². The second kappa shape index (κ2) is 9.32. The lowest BCUT2D eigenvalue weighted by molar-refractivity contribution is -0.119. The van der Waals surface area contributed by atoms with E-state index in [1.54, 1.807) is 16.4 Å². The Kier molecular flexibility index (Phi) is 6.83. The first-order valence-corrected chi connectivity index (χ1v) is 10.9. The maximum atomic E-state index is 12.9. The summed E-state index contributed by atoms with van der Waals surface area (Å²) in [5.74, 6) is 0.228. The number of hydrogen-bond donors (Lipinski definition) is 1. The minimum Gasteiger partial charge on any atom is -0.375 e. The van der Waals surface area contributed by atoms with Crippen LogP contribution in [0.4, 0.5) is 5.69 Å². The van der Waals surface area contributed by atoms with E-state index in [-0.39, 0.29) is 17.4 Å². The van der Waals surface area contributed by atoms with Crippen molar-refractivity contribution < 1.29 is 17.9 Å². The van der Waals surface area contributed by atoms with Gasteiger partial charge in [-0.3, -0.25) is 4.79 Å². The van der Waals surface area contributed by atoms with Crippen LogP contribution < -0.4 is 5.32 Å². The maximum Gasteiger partial charge on any atom is 0.250 e. The van der Waals surface area contributed by atoms with E-state index in [1.165, 1.54) is 24.8 Å². The number of amides is 1. The van der Waals surface area contributed by atoms with Crippen molar-refractivity contribution in [2.45, 2.75) is 24.2 Å². The first-order chi connectivity index (χ1) is 13.5. The van der Waals surface area contributed by atoms with E-state index in [2.05, 4.69) is 17.4 Å². The normalized spacial score (nSPS) is 16.0. The topological polar surface area (TPSA) is 75.7 Å². The molecule has 0 spiro atoms. The number of sulfonamides is 1. The number of hydrogen-bond acceptors (Lipinski definition) is 4. The molecule has 1 N–H and O–H groups in total. The van der Waals surface area contributed by atoms with Gasteiger partial charge < -0.3 is 10.1 Å². The predicted octanol–water partition coefficient (Wildman–Crippen LogP) is 2.91. The number of carbonyl (C=O) groups is 1. The summed E-state index contributed by atoms with van der Waals surface area (Å²) in [5.41, 5.74) is 1.84. The molecule has 2 aromatic rings. The zero-order valence-corrected chi connectivity index (χ0v) is 16.8. The number of nitrogens with zero attached hydrogens (tertiary/aromatic N) is 1. The van der Waals surface area contributed by atoms with E-state index in [1.807, 2.05) is 18.2 Å². The first-order valence-electron chi connectivity index (χ1n) is 9.42. The van der Waals surface area contributed by atoms with Gasteiger partial charge in [-0.25, -0.2) is 8.42 Å². The highest BCUT2D eigenvalue weighted by Crippen LogP contribution is 2.26. The lowest BCUT2D eigenvalue weighted by Crippen LogP contribution is -2.38. The number of benzene rings is 2. The average molecular weight is 403 g/mol. The Labute approximate surface area is 166 Å². The van der Waals surface area contributed by atoms with Crippen LogP contribution in [0.15, 0.2) is 59.5 Å². The van der Waals surface area contributed by atoms with E-state index in [0.717, 1.165) is 19.3 Å². The fourth-order valence-corrected chi connectivity index (χ4v) is 4.96. The van der Waals surface area contributed by atoms with Crippen LogP contribution in [0, 0.1) is 5.92 Å². The molecule has 1 aliphatic rings. The van der Waals surface area contributed by atoms with Crippen molar-refractivity contribution in [3.8, 4) is 0 Å². The zero-order valence-electron chi connectivity index (χ0n) is 16.0. The summed E-state index contributed by atoms with van der Waals surface area (Å²) >= 11 is 0. The molecule has 1 aliphatic heterocycles. The van der Waals surface area contributed by atoms with Gasteiger partial charge in [0, 0.05) is 25.9 Å². The lowest BCUT2D eigenvalue weighted by atomic mass is 9.91. The maximum absolute atomic E-state index is 12.9. The molecule has 7 heteroatoms. The van der Waals surface area contributed by atoms with Crippen molar-refractivity contribution in [1.29, 1.82) is 0 Å². The van der Waals surface area contributed by atoms with Crippen molar-refractivity contribution in [1.82, 2.24) is 4.31 Å². The third kappa shape index (κ3) is 5.19. The summed E-state index contributed by atoms with van der Waals surface area (Å²) in [4.78, 5) is 11.8. The quantitative estimate of drug-likeness (QED) is 0.773. The number of rotatable bonds is 7. The lowest BCUT2D eigenvalue weighted by Gasteiger charge is -2.31. The molecule has 1 saturated heterocycles. The molecule has 1 fully saturated rings. The number of piperidine rings is 1. The number of ether oxygens (including phenoxy) is 1. The second-order valence-electron chi connectivity index (χ2n) is 7.04. The molecule has 0 atom stereocenters. The molecule has 1 heterocycles. The average Bonchev–Trinajstić information content (AvgIpc) is 2.70. The highest BCUT2D eigenvalue weighted by atomic mass is 32.2. The van der Waals surface area contributed by atoms with Gasteiger partial charge >= 0.3 is 0 Å². The summed E-state index contributed by atoms with van der Waals surface area (Å²) < 4.78 is 32.1. The highest BCUT2D eigenvalue weighted by Gasteiger charge is 2.29. The van der Waals surface area contributed by atoms with E-state index in [0.29, 0.717) is 24.7 Å². The van der Waals surface area contributed by atoms with Crippen LogP contribution in [0.1, 0.15) is 18.4 Å². The Hall–Kier alpha value is -2.22. The molecular formula is C21H26N2O4S. The van der Waals surface area contributed by atoms with Gasteiger partial charge in [-0.15, -0.1) is 0 Å². The molecule has 0 saturated carbocycles. The molecule has 0 unspecified atom stereocenters. The largest absolute Gasteiger partial charge is 0.375 e. The Morgan fingerprint density at radius 2 is 1.71 bits per heavy atom. The summed E-state index contributed by atoms with van der Waals surface area (Å²) in [5, 5.41) is 2.66. The molecule has 3 rings (SSSR count). The Bertz CT molecular complexity index is 874. The van der Waals surface area contributed by atoms with Gasteiger partial charge in [0.05, 0.1) is 4.90 Å². The van der Waals surface area contributed by atoms with Crippen LogP contribution in [-0.4, -0.2) is 45.4 Å². The van der Waals surface area contributed by atoms with Crippen LogP contribution in [0.25, 0.3) is 0 Å². The first kappa shape index (κ1) is 20.5. The van der Waals surface area contributed by atoms with Gasteiger partial charge in [0.2, 0.25) is 15.9 Å². The highest BCUT2D eigenvalue weighted by molar-refractivity contribution is 7.89. The van der Waals surface area contributed by atoms with Crippen LogP contribution in [0.2, 0.25) is 0 Å². The van der Waals surface area contributed by atoms with Crippen molar-refractivity contribution in [2.75, 3.05) is 32.1 Å². The third-order valence-corrected chi connectivity index (χ3v) is 6.90. The number of carbonyl (C=O) groups excluding carboxylic acids is 1. The molecule has 1 amide bonds.